The molecule has 1 aliphatic heterocycles. The number of hydrogen-bond acceptors (Lipinski definition) is 3. The summed E-state index contributed by atoms with van der Waals surface area (Å²) < 4.78 is 15.1. The first-order valence-corrected chi connectivity index (χ1v) is 9.05. The molecule has 2 aromatic rings. The number of anilines is 1. The van der Waals surface area contributed by atoms with Crippen LogP contribution in [0.1, 0.15) is 19.4 Å². The zero-order valence-corrected chi connectivity index (χ0v) is 15.6. The van der Waals surface area contributed by atoms with Crippen LogP contribution >= 0.6 is 0 Å². The van der Waals surface area contributed by atoms with Crippen molar-refractivity contribution < 1.29 is 9.18 Å². The van der Waals surface area contributed by atoms with E-state index in [0.29, 0.717) is 23.6 Å². The SMILES string of the molecule is CN=C(NCC(=O)Nc1ccc(F)cc1)N1CCC(C)C(n2ccnc2)C1. The largest absolute Gasteiger partial charge is 0.347 e. The number of nitrogens with zero attached hydrogens (tertiary/aromatic N) is 4. The van der Waals surface area contributed by atoms with Crippen LogP contribution in [0.3, 0.4) is 0 Å². The van der Waals surface area contributed by atoms with Crippen molar-refractivity contribution in [1.82, 2.24) is 19.8 Å². The summed E-state index contributed by atoms with van der Waals surface area (Å²) in [6, 6.07) is 6.00. The first-order chi connectivity index (χ1) is 13.1. The van der Waals surface area contributed by atoms with Crippen LogP contribution < -0.4 is 10.6 Å². The smallest absolute Gasteiger partial charge is 0.243 e. The summed E-state index contributed by atoms with van der Waals surface area (Å²) in [5.74, 6) is 0.689. The van der Waals surface area contributed by atoms with Crippen LogP contribution in [-0.2, 0) is 4.79 Å². The van der Waals surface area contributed by atoms with Gasteiger partial charge in [-0.1, -0.05) is 6.92 Å². The second-order valence-corrected chi connectivity index (χ2v) is 6.75. The Bertz CT molecular complexity index is 774. The Morgan fingerprint density at radius 3 is 2.81 bits per heavy atom. The van der Waals surface area contributed by atoms with E-state index in [-0.39, 0.29) is 18.3 Å². The van der Waals surface area contributed by atoms with E-state index < -0.39 is 0 Å². The number of piperidine rings is 1. The lowest BCUT2D eigenvalue weighted by atomic mass is 9.93. The van der Waals surface area contributed by atoms with Crippen molar-refractivity contribution in [3.05, 3.63) is 48.8 Å². The number of guanidine groups is 1. The number of carbonyl (C=O) groups is 1. The van der Waals surface area contributed by atoms with Crippen LogP contribution in [0.2, 0.25) is 0 Å². The third kappa shape index (κ3) is 4.84. The zero-order valence-electron chi connectivity index (χ0n) is 15.6. The number of benzene rings is 1. The van der Waals surface area contributed by atoms with Gasteiger partial charge in [0.2, 0.25) is 5.91 Å². The van der Waals surface area contributed by atoms with Gasteiger partial charge in [0.1, 0.15) is 5.82 Å². The van der Waals surface area contributed by atoms with E-state index in [9.17, 15) is 9.18 Å². The Morgan fingerprint density at radius 1 is 1.37 bits per heavy atom. The number of halogens is 1. The lowest BCUT2D eigenvalue weighted by molar-refractivity contribution is -0.115. The minimum atomic E-state index is -0.335. The van der Waals surface area contributed by atoms with E-state index in [0.717, 1.165) is 19.5 Å². The van der Waals surface area contributed by atoms with Crippen LogP contribution in [-0.4, -0.2) is 53.0 Å². The van der Waals surface area contributed by atoms with Gasteiger partial charge < -0.3 is 20.1 Å². The van der Waals surface area contributed by atoms with Gasteiger partial charge in [0, 0.05) is 38.2 Å². The van der Waals surface area contributed by atoms with Gasteiger partial charge in [-0.25, -0.2) is 9.37 Å². The van der Waals surface area contributed by atoms with Crippen molar-refractivity contribution in [3.8, 4) is 0 Å². The molecule has 27 heavy (non-hydrogen) atoms. The lowest BCUT2D eigenvalue weighted by Gasteiger charge is -2.39. The van der Waals surface area contributed by atoms with E-state index in [1.807, 2.05) is 12.5 Å². The molecule has 2 unspecified atom stereocenters. The highest BCUT2D eigenvalue weighted by Gasteiger charge is 2.29. The average Bonchev–Trinajstić information content (AvgIpc) is 3.20. The topological polar surface area (TPSA) is 74.6 Å². The highest BCUT2D eigenvalue weighted by molar-refractivity contribution is 5.95. The fourth-order valence-electron chi connectivity index (χ4n) is 3.33. The van der Waals surface area contributed by atoms with E-state index in [2.05, 4.69) is 37.0 Å². The fourth-order valence-corrected chi connectivity index (χ4v) is 3.33. The standard InChI is InChI=1S/C19H25FN6O/c1-14-7-9-25(12-17(14)26-10-8-22-13-26)19(21-2)23-11-18(27)24-16-5-3-15(20)4-6-16/h3-6,8,10,13-14,17H,7,9,11-12H2,1-2H3,(H,21,23)(H,24,27). The number of likely N-dealkylation sites (tertiary alicyclic amines) is 1. The summed E-state index contributed by atoms with van der Waals surface area (Å²) in [6.45, 7) is 4.02. The van der Waals surface area contributed by atoms with Gasteiger partial charge >= 0.3 is 0 Å². The Morgan fingerprint density at radius 2 is 2.15 bits per heavy atom. The third-order valence-electron chi connectivity index (χ3n) is 4.87. The molecule has 1 fully saturated rings. The van der Waals surface area contributed by atoms with E-state index >= 15 is 0 Å². The van der Waals surface area contributed by atoms with Crippen LogP contribution in [0, 0.1) is 11.7 Å². The highest BCUT2D eigenvalue weighted by Crippen LogP contribution is 2.27. The first kappa shape index (κ1) is 18.9. The summed E-state index contributed by atoms with van der Waals surface area (Å²) in [4.78, 5) is 22.8. The molecule has 2 heterocycles. The predicted octanol–water partition coefficient (Wildman–Crippen LogP) is 2.12. The van der Waals surface area contributed by atoms with E-state index in [1.54, 1.807) is 13.2 Å². The molecular weight excluding hydrogens is 347 g/mol. The maximum atomic E-state index is 12.9. The molecule has 144 valence electrons. The van der Waals surface area contributed by atoms with Gasteiger partial charge in [0.15, 0.2) is 5.96 Å². The van der Waals surface area contributed by atoms with Gasteiger partial charge in [-0.15, -0.1) is 0 Å². The molecule has 0 bridgehead atoms. The van der Waals surface area contributed by atoms with Crippen LogP contribution in [0.5, 0.6) is 0 Å². The number of rotatable bonds is 4. The highest BCUT2D eigenvalue weighted by atomic mass is 19.1. The minimum Gasteiger partial charge on any atom is -0.347 e. The monoisotopic (exact) mass is 372 g/mol. The molecular formula is C19H25FN6O. The van der Waals surface area contributed by atoms with Crippen LogP contribution in [0.15, 0.2) is 48.0 Å². The van der Waals surface area contributed by atoms with Gasteiger partial charge in [-0.2, -0.15) is 0 Å². The molecule has 3 rings (SSSR count). The fraction of sp³-hybridized carbons (Fsp3) is 0.421. The number of imidazole rings is 1. The summed E-state index contributed by atoms with van der Waals surface area (Å²) >= 11 is 0. The summed E-state index contributed by atoms with van der Waals surface area (Å²) in [5.41, 5.74) is 0.560. The van der Waals surface area contributed by atoms with Gasteiger partial charge in [0.05, 0.1) is 18.9 Å². The molecule has 0 radical (unpaired) electrons. The number of aromatic nitrogens is 2. The quantitative estimate of drug-likeness (QED) is 0.637. The van der Waals surface area contributed by atoms with Crippen molar-refractivity contribution in [2.45, 2.75) is 19.4 Å². The van der Waals surface area contributed by atoms with Crippen molar-refractivity contribution in [2.24, 2.45) is 10.9 Å². The lowest BCUT2D eigenvalue weighted by Crippen LogP contribution is -2.50. The normalized spacial score (nSPS) is 20.4. The number of amides is 1. The maximum absolute atomic E-state index is 12.9. The van der Waals surface area contributed by atoms with Gasteiger partial charge in [-0.05, 0) is 36.6 Å². The molecule has 0 aliphatic carbocycles. The van der Waals surface area contributed by atoms with Crippen molar-refractivity contribution in [2.75, 3.05) is 32.0 Å². The molecule has 1 aliphatic rings. The maximum Gasteiger partial charge on any atom is 0.243 e. The second kappa shape index (κ2) is 8.66. The van der Waals surface area contributed by atoms with Crippen molar-refractivity contribution in [3.63, 3.8) is 0 Å². The van der Waals surface area contributed by atoms with Crippen LogP contribution in [0.25, 0.3) is 0 Å². The first-order valence-electron chi connectivity index (χ1n) is 9.05. The Hall–Kier alpha value is -2.90. The summed E-state index contributed by atoms with van der Waals surface area (Å²) in [5, 5.41) is 5.85. The molecule has 1 amide bonds. The summed E-state index contributed by atoms with van der Waals surface area (Å²) in [7, 11) is 1.71. The molecule has 1 aromatic carbocycles. The minimum absolute atomic E-state index is 0.0891. The van der Waals surface area contributed by atoms with Gasteiger partial charge in [0.25, 0.3) is 0 Å². The molecule has 1 aromatic heterocycles. The predicted molar refractivity (Wildman–Crippen MR) is 103 cm³/mol. The molecule has 2 N–H and O–H groups in total. The van der Waals surface area contributed by atoms with E-state index in [4.69, 9.17) is 0 Å². The molecule has 8 heteroatoms. The number of nitrogens with one attached hydrogen (secondary N) is 2. The second-order valence-electron chi connectivity index (χ2n) is 6.75. The Kier molecular flexibility index (Phi) is 6.05. The van der Waals surface area contributed by atoms with Crippen LogP contribution in [0.4, 0.5) is 10.1 Å². The molecule has 0 saturated carbocycles. The van der Waals surface area contributed by atoms with E-state index in [1.165, 1.54) is 24.3 Å². The zero-order chi connectivity index (χ0) is 19.2. The number of carbonyl (C=O) groups excluding carboxylic acids is 1. The molecule has 0 spiro atoms. The molecule has 2 atom stereocenters. The Labute approximate surface area is 158 Å². The summed E-state index contributed by atoms with van der Waals surface area (Å²) in [6.07, 6.45) is 6.65. The average molecular weight is 372 g/mol. The Balaban J connectivity index is 1.55. The molecule has 1 saturated heterocycles. The molecule has 7 nitrogen and oxygen atoms in total. The third-order valence-corrected chi connectivity index (χ3v) is 4.87. The van der Waals surface area contributed by atoms with Crippen molar-refractivity contribution >= 4 is 17.6 Å². The number of hydrogen-bond donors (Lipinski definition) is 2. The van der Waals surface area contributed by atoms with Crippen molar-refractivity contribution in [1.29, 1.82) is 0 Å². The number of aliphatic imine (C=N–C) groups is 1. The van der Waals surface area contributed by atoms with Gasteiger partial charge in [-0.3, -0.25) is 9.79 Å².